The van der Waals surface area contributed by atoms with Crippen LogP contribution < -0.4 is 16.4 Å². The van der Waals surface area contributed by atoms with Gasteiger partial charge in [-0.1, -0.05) is 0 Å². The van der Waals surface area contributed by atoms with E-state index in [-0.39, 0.29) is 19.6 Å². The summed E-state index contributed by atoms with van der Waals surface area (Å²) < 4.78 is 25.8. The van der Waals surface area contributed by atoms with E-state index in [0.717, 1.165) is 6.07 Å². The Kier molecular flexibility index (Phi) is 5.87. The van der Waals surface area contributed by atoms with Gasteiger partial charge in [0, 0.05) is 12.6 Å². The van der Waals surface area contributed by atoms with Crippen LogP contribution in [0.15, 0.2) is 18.2 Å². The first-order valence-electron chi connectivity index (χ1n) is 5.69. The van der Waals surface area contributed by atoms with Crippen LogP contribution in [0.3, 0.4) is 0 Å². The Morgan fingerprint density at radius 3 is 2.26 bits per heavy atom. The third kappa shape index (κ3) is 5.91. The van der Waals surface area contributed by atoms with Crippen molar-refractivity contribution < 1.29 is 18.4 Å². The molecule has 0 atom stereocenters. The molecule has 1 rings (SSSR count). The standard InChI is InChI=1S/C12H15F2N3O2/c13-9-3-8(4-10(14)5-9)1-2-16-12(19)7-17-11(18)6-15/h3-5H,1-2,6-7,15H2,(H,16,19)(H,17,18). The smallest absolute Gasteiger partial charge is 0.239 e. The molecular formula is C12H15F2N3O2. The first kappa shape index (κ1) is 15.0. The molecule has 0 aliphatic carbocycles. The van der Waals surface area contributed by atoms with E-state index in [0.29, 0.717) is 12.0 Å². The quantitative estimate of drug-likeness (QED) is 0.664. The molecule has 0 aromatic heterocycles. The topological polar surface area (TPSA) is 84.2 Å². The third-order valence-electron chi connectivity index (χ3n) is 2.29. The number of nitrogens with two attached hydrogens (primary N) is 1. The van der Waals surface area contributed by atoms with Crippen molar-refractivity contribution in [2.45, 2.75) is 6.42 Å². The lowest BCUT2D eigenvalue weighted by Crippen LogP contribution is -2.40. The Balaban J connectivity index is 2.29. The Morgan fingerprint density at radius 1 is 1.05 bits per heavy atom. The van der Waals surface area contributed by atoms with E-state index in [1.54, 1.807) is 0 Å². The summed E-state index contributed by atoms with van der Waals surface area (Å²) in [6, 6.07) is 3.18. The van der Waals surface area contributed by atoms with Crippen LogP contribution in [-0.4, -0.2) is 31.4 Å². The molecule has 0 spiro atoms. The molecule has 0 saturated heterocycles. The molecule has 5 nitrogen and oxygen atoms in total. The molecule has 0 fully saturated rings. The Hall–Kier alpha value is -2.02. The number of hydrogen-bond donors (Lipinski definition) is 3. The highest BCUT2D eigenvalue weighted by Gasteiger charge is 2.04. The van der Waals surface area contributed by atoms with Crippen LogP contribution in [0.25, 0.3) is 0 Å². The summed E-state index contributed by atoms with van der Waals surface area (Å²) in [5, 5.41) is 4.81. The maximum atomic E-state index is 12.9. The summed E-state index contributed by atoms with van der Waals surface area (Å²) in [6.07, 6.45) is 0.297. The van der Waals surface area contributed by atoms with Crippen molar-refractivity contribution in [1.82, 2.24) is 10.6 Å². The second-order valence-corrected chi connectivity index (χ2v) is 3.86. The fourth-order valence-electron chi connectivity index (χ4n) is 1.42. The minimum absolute atomic E-state index is 0.173. The molecule has 1 aromatic carbocycles. The number of benzene rings is 1. The van der Waals surface area contributed by atoms with Gasteiger partial charge in [-0.15, -0.1) is 0 Å². The summed E-state index contributed by atoms with van der Waals surface area (Å²) >= 11 is 0. The van der Waals surface area contributed by atoms with Crippen LogP contribution >= 0.6 is 0 Å². The molecular weight excluding hydrogens is 256 g/mol. The summed E-state index contributed by atoms with van der Waals surface area (Å²) in [7, 11) is 0. The fraction of sp³-hybridized carbons (Fsp3) is 0.333. The lowest BCUT2D eigenvalue weighted by molar-refractivity contribution is -0.125. The van der Waals surface area contributed by atoms with E-state index in [2.05, 4.69) is 10.6 Å². The normalized spacial score (nSPS) is 10.1. The average molecular weight is 271 g/mol. The summed E-state index contributed by atoms with van der Waals surface area (Å²) in [5.41, 5.74) is 5.50. The van der Waals surface area contributed by atoms with E-state index in [1.807, 2.05) is 0 Å². The van der Waals surface area contributed by atoms with Gasteiger partial charge in [-0.3, -0.25) is 9.59 Å². The van der Waals surface area contributed by atoms with Gasteiger partial charge in [-0.25, -0.2) is 8.78 Å². The van der Waals surface area contributed by atoms with Crippen LogP contribution in [0, 0.1) is 11.6 Å². The van der Waals surface area contributed by atoms with Gasteiger partial charge < -0.3 is 16.4 Å². The number of amides is 2. The van der Waals surface area contributed by atoms with Crippen molar-refractivity contribution in [2.75, 3.05) is 19.6 Å². The molecule has 4 N–H and O–H groups in total. The minimum Gasteiger partial charge on any atom is -0.354 e. The SMILES string of the molecule is NCC(=O)NCC(=O)NCCc1cc(F)cc(F)c1. The summed E-state index contributed by atoms with van der Waals surface area (Å²) in [6.45, 7) is -0.135. The van der Waals surface area contributed by atoms with Gasteiger partial charge in [0.15, 0.2) is 0 Å². The van der Waals surface area contributed by atoms with Crippen molar-refractivity contribution in [2.24, 2.45) is 5.73 Å². The number of halogens is 2. The number of carbonyl (C=O) groups is 2. The second-order valence-electron chi connectivity index (χ2n) is 3.86. The first-order valence-corrected chi connectivity index (χ1v) is 5.69. The van der Waals surface area contributed by atoms with Gasteiger partial charge in [-0.05, 0) is 24.1 Å². The molecule has 0 radical (unpaired) electrons. The van der Waals surface area contributed by atoms with Gasteiger partial charge in [0.1, 0.15) is 11.6 Å². The molecule has 104 valence electrons. The Labute approximate surface area is 109 Å². The maximum Gasteiger partial charge on any atom is 0.239 e. The lowest BCUT2D eigenvalue weighted by atomic mass is 10.1. The number of rotatable bonds is 6. The highest BCUT2D eigenvalue weighted by Crippen LogP contribution is 2.07. The molecule has 1 aromatic rings. The first-order chi connectivity index (χ1) is 9.01. The van der Waals surface area contributed by atoms with Crippen LogP contribution in [0.5, 0.6) is 0 Å². The van der Waals surface area contributed by atoms with Crippen LogP contribution in [0.1, 0.15) is 5.56 Å². The van der Waals surface area contributed by atoms with Gasteiger partial charge >= 0.3 is 0 Å². The zero-order valence-corrected chi connectivity index (χ0v) is 10.2. The van der Waals surface area contributed by atoms with E-state index < -0.39 is 23.4 Å². The van der Waals surface area contributed by atoms with Crippen molar-refractivity contribution in [1.29, 1.82) is 0 Å². The van der Waals surface area contributed by atoms with Crippen LogP contribution in [0.2, 0.25) is 0 Å². The molecule has 0 aliphatic rings. The highest BCUT2D eigenvalue weighted by molar-refractivity contribution is 5.85. The number of carbonyl (C=O) groups excluding carboxylic acids is 2. The van der Waals surface area contributed by atoms with Crippen molar-refractivity contribution in [3.05, 3.63) is 35.4 Å². The van der Waals surface area contributed by atoms with E-state index >= 15 is 0 Å². The van der Waals surface area contributed by atoms with Gasteiger partial charge in [0.05, 0.1) is 13.1 Å². The summed E-state index contributed by atoms with van der Waals surface area (Å²) in [5.74, 6) is -2.13. The third-order valence-corrected chi connectivity index (χ3v) is 2.29. The Bertz CT molecular complexity index is 446. The van der Waals surface area contributed by atoms with Crippen LogP contribution in [-0.2, 0) is 16.0 Å². The predicted octanol–water partition coefficient (Wildman–Crippen LogP) is -0.302. The molecule has 19 heavy (non-hydrogen) atoms. The second kappa shape index (κ2) is 7.42. The highest BCUT2D eigenvalue weighted by atomic mass is 19.1. The van der Waals surface area contributed by atoms with E-state index in [1.165, 1.54) is 12.1 Å². The Morgan fingerprint density at radius 2 is 1.68 bits per heavy atom. The van der Waals surface area contributed by atoms with E-state index in [4.69, 9.17) is 5.73 Å². The van der Waals surface area contributed by atoms with Gasteiger partial charge in [-0.2, -0.15) is 0 Å². The molecule has 0 bridgehead atoms. The zero-order valence-electron chi connectivity index (χ0n) is 10.2. The van der Waals surface area contributed by atoms with Crippen LogP contribution in [0.4, 0.5) is 8.78 Å². The number of hydrogen-bond acceptors (Lipinski definition) is 3. The van der Waals surface area contributed by atoms with Crippen molar-refractivity contribution in [3.8, 4) is 0 Å². The maximum absolute atomic E-state index is 12.9. The van der Waals surface area contributed by atoms with E-state index in [9.17, 15) is 18.4 Å². The van der Waals surface area contributed by atoms with Gasteiger partial charge in [0.2, 0.25) is 11.8 Å². The lowest BCUT2D eigenvalue weighted by Gasteiger charge is -2.06. The molecule has 2 amide bonds. The largest absolute Gasteiger partial charge is 0.354 e. The molecule has 0 aliphatic heterocycles. The monoisotopic (exact) mass is 271 g/mol. The summed E-state index contributed by atoms with van der Waals surface area (Å²) in [4.78, 5) is 22.1. The average Bonchev–Trinajstić information content (AvgIpc) is 2.34. The minimum atomic E-state index is -0.656. The van der Waals surface area contributed by atoms with Crippen molar-refractivity contribution >= 4 is 11.8 Å². The molecule has 0 saturated carbocycles. The predicted molar refractivity (Wildman–Crippen MR) is 65.1 cm³/mol. The van der Waals surface area contributed by atoms with Gasteiger partial charge in [0.25, 0.3) is 0 Å². The van der Waals surface area contributed by atoms with Crippen molar-refractivity contribution in [3.63, 3.8) is 0 Å². The molecule has 0 heterocycles. The number of nitrogens with one attached hydrogen (secondary N) is 2. The zero-order chi connectivity index (χ0) is 14.3. The molecule has 0 unspecified atom stereocenters. The molecule has 7 heteroatoms. The fourth-order valence-corrected chi connectivity index (χ4v) is 1.42.